The van der Waals surface area contributed by atoms with Crippen LogP contribution in [-0.2, 0) is 13.5 Å². The van der Waals surface area contributed by atoms with Gasteiger partial charge in [-0.25, -0.2) is 4.98 Å². The molecular formula is C15H17N3O. The number of nitriles is 1. The minimum atomic E-state index is 0.168. The minimum absolute atomic E-state index is 0.168. The van der Waals surface area contributed by atoms with Crippen LogP contribution in [0, 0.1) is 11.3 Å². The normalized spacial score (nSPS) is 10.5. The molecule has 0 N–H and O–H groups in total. The third-order valence-electron chi connectivity index (χ3n) is 2.83. The molecule has 0 saturated heterocycles. The molecule has 0 bridgehead atoms. The number of imidazole rings is 1. The van der Waals surface area contributed by atoms with Crippen molar-refractivity contribution in [2.75, 3.05) is 0 Å². The summed E-state index contributed by atoms with van der Waals surface area (Å²) in [4.78, 5) is 4.37. The highest BCUT2D eigenvalue weighted by molar-refractivity contribution is 5.57. The standard InChI is InChI=1S/C15H17N3O/c1-11(2)19-14-6-4-12(5-7-14)15-17-10-13(8-9-16)18(15)3/h4-7,10-11H,8H2,1-3H3. The van der Waals surface area contributed by atoms with Crippen molar-refractivity contribution in [3.8, 4) is 23.2 Å². The first-order chi connectivity index (χ1) is 9.11. The Hall–Kier alpha value is -2.28. The van der Waals surface area contributed by atoms with E-state index in [1.54, 1.807) is 6.20 Å². The van der Waals surface area contributed by atoms with Crippen LogP contribution in [-0.4, -0.2) is 15.7 Å². The van der Waals surface area contributed by atoms with Gasteiger partial charge in [0.05, 0.1) is 24.3 Å². The van der Waals surface area contributed by atoms with Gasteiger partial charge in [0.1, 0.15) is 11.6 Å². The number of ether oxygens (including phenoxy) is 1. The summed E-state index contributed by atoms with van der Waals surface area (Å²) < 4.78 is 7.55. The molecule has 0 aliphatic rings. The van der Waals surface area contributed by atoms with E-state index in [1.165, 1.54) is 0 Å². The van der Waals surface area contributed by atoms with Gasteiger partial charge in [-0.3, -0.25) is 0 Å². The summed E-state index contributed by atoms with van der Waals surface area (Å²) in [7, 11) is 1.92. The molecule has 2 rings (SSSR count). The fraction of sp³-hybridized carbons (Fsp3) is 0.333. The van der Waals surface area contributed by atoms with Gasteiger partial charge in [-0.2, -0.15) is 5.26 Å². The molecule has 4 heteroatoms. The van der Waals surface area contributed by atoms with Gasteiger partial charge in [0.2, 0.25) is 0 Å². The fourth-order valence-electron chi connectivity index (χ4n) is 1.91. The Bertz CT molecular complexity index is 591. The second-order valence-corrected chi connectivity index (χ2v) is 4.66. The molecule has 1 aromatic heterocycles. The molecule has 0 atom stereocenters. The zero-order valence-corrected chi connectivity index (χ0v) is 11.4. The van der Waals surface area contributed by atoms with Crippen LogP contribution in [0.15, 0.2) is 30.5 Å². The molecule has 0 unspecified atom stereocenters. The van der Waals surface area contributed by atoms with E-state index in [9.17, 15) is 0 Å². The van der Waals surface area contributed by atoms with E-state index < -0.39 is 0 Å². The Labute approximate surface area is 113 Å². The van der Waals surface area contributed by atoms with Crippen LogP contribution in [0.3, 0.4) is 0 Å². The van der Waals surface area contributed by atoms with Crippen molar-refractivity contribution in [1.82, 2.24) is 9.55 Å². The predicted molar refractivity (Wildman–Crippen MR) is 73.7 cm³/mol. The van der Waals surface area contributed by atoms with Crippen LogP contribution in [0.2, 0.25) is 0 Å². The summed E-state index contributed by atoms with van der Waals surface area (Å²) in [5, 5.41) is 8.74. The number of nitrogens with zero attached hydrogens (tertiary/aromatic N) is 3. The van der Waals surface area contributed by atoms with Crippen molar-refractivity contribution in [2.24, 2.45) is 7.05 Å². The Morgan fingerprint density at radius 3 is 2.58 bits per heavy atom. The van der Waals surface area contributed by atoms with Crippen LogP contribution < -0.4 is 4.74 Å². The summed E-state index contributed by atoms with van der Waals surface area (Å²) in [6.45, 7) is 4.00. The molecular weight excluding hydrogens is 238 g/mol. The molecule has 1 aromatic carbocycles. The van der Waals surface area contributed by atoms with E-state index in [1.807, 2.05) is 49.7 Å². The maximum absolute atomic E-state index is 8.74. The molecule has 0 fully saturated rings. The molecule has 4 nitrogen and oxygen atoms in total. The minimum Gasteiger partial charge on any atom is -0.491 e. The highest BCUT2D eigenvalue weighted by Gasteiger charge is 2.08. The number of hydrogen-bond acceptors (Lipinski definition) is 3. The van der Waals surface area contributed by atoms with Crippen LogP contribution >= 0.6 is 0 Å². The van der Waals surface area contributed by atoms with Crippen molar-refractivity contribution in [3.05, 3.63) is 36.2 Å². The van der Waals surface area contributed by atoms with Gasteiger partial charge < -0.3 is 9.30 Å². The average Bonchev–Trinajstić information content (AvgIpc) is 2.72. The topological polar surface area (TPSA) is 50.8 Å². The lowest BCUT2D eigenvalue weighted by molar-refractivity contribution is 0.242. The van der Waals surface area contributed by atoms with Crippen molar-refractivity contribution >= 4 is 0 Å². The summed E-state index contributed by atoms with van der Waals surface area (Å²) in [5.74, 6) is 1.71. The van der Waals surface area contributed by atoms with E-state index in [0.717, 1.165) is 22.8 Å². The maximum Gasteiger partial charge on any atom is 0.139 e. The van der Waals surface area contributed by atoms with Gasteiger partial charge in [-0.05, 0) is 38.1 Å². The lowest BCUT2D eigenvalue weighted by atomic mass is 10.2. The smallest absolute Gasteiger partial charge is 0.139 e. The molecule has 98 valence electrons. The number of benzene rings is 1. The SMILES string of the molecule is CC(C)Oc1ccc(-c2ncc(CC#N)n2C)cc1. The van der Waals surface area contributed by atoms with Gasteiger partial charge in [-0.15, -0.1) is 0 Å². The van der Waals surface area contributed by atoms with Crippen LogP contribution in [0.25, 0.3) is 11.4 Å². The monoisotopic (exact) mass is 255 g/mol. The molecule has 0 spiro atoms. The molecule has 0 amide bonds. The van der Waals surface area contributed by atoms with E-state index in [4.69, 9.17) is 10.00 Å². The van der Waals surface area contributed by atoms with Gasteiger partial charge in [0.25, 0.3) is 0 Å². The zero-order valence-electron chi connectivity index (χ0n) is 11.4. The summed E-state index contributed by atoms with van der Waals surface area (Å²) in [6.07, 6.45) is 2.29. The van der Waals surface area contributed by atoms with Crippen LogP contribution in [0.1, 0.15) is 19.5 Å². The fourth-order valence-corrected chi connectivity index (χ4v) is 1.91. The van der Waals surface area contributed by atoms with Gasteiger partial charge >= 0.3 is 0 Å². The lowest BCUT2D eigenvalue weighted by Crippen LogP contribution is -2.05. The molecule has 0 radical (unpaired) electrons. The molecule has 2 aromatic rings. The second kappa shape index (κ2) is 5.57. The molecule has 1 heterocycles. The van der Waals surface area contributed by atoms with Crippen LogP contribution in [0.5, 0.6) is 5.75 Å². The average molecular weight is 255 g/mol. The van der Waals surface area contributed by atoms with E-state index in [0.29, 0.717) is 6.42 Å². The molecule has 0 saturated carbocycles. The van der Waals surface area contributed by atoms with E-state index in [2.05, 4.69) is 11.1 Å². The third kappa shape index (κ3) is 2.94. The first-order valence-corrected chi connectivity index (χ1v) is 6.26. The Kier molecular flexibility index (Phi) is 3.86. The third-order valence-corrected chi connectivity index (χ3v) is 2.83. The van der Waals surface area contributed by atoms with Gasteiger partial charge in [0.15, 0.2) is 0 Å². The summed E-state index contributed by atoms with van der Waals surface area (Å²) in [5.41, 5.74) is 1.93. The summed E-state index contributed by atoms with van der Waals surface area (Å²) >= 11 is 0. The molecule has 0 aliphatic carbocycles. The van der Waals surface area contributed by atoms with Crippen molar-refractivity contribution < 1.29 is 4.74 Å². The number of rotatable bonds is 4. The van der Waals surface area contributed by atoms with Crippen molar-refractivity contribution in [1.29, 1.82) is 5.26 Å². The van der Waals surface area contributed by atoms with Crippen LogP contribution in [0.4, 0.5) is 0 Å². The molecule has 19 heavy (non-hydrogen) atoms. The Morgan fingerprint density at radius 2 is 2.00 bits per heavy atom. The quantitative estimate of drug-likeness (QED) is 0.844. The highest BCUT2D eigenvalue weighted by Crippen LogP contribution is 2.22. The number of aromatic nitrogens is 2. The van der Waals surface area contributed by atoms with Gasteiger partial charge in [0, 0.05) is 18.8 Å². The highest BCUT2D eigenvalue weighted by atomic mass is 16.5. The molecule has 0 aliphatic heterocycles. The van der Waals surface area contributed by atoms with Gasteiger partial charge in [-0.1, -0.05) is 0 Å². The van der Waals surface area contributed by atoms with Crippen molar-refractivity contribution in [3.63, 3.8) is 0 Å². The Balaban J connectivity index is 2.25. The second-order valence-electron chi connectivity index (χ2n) is 4.66. The first-order valence-electron chi connectivity index (χ1n) is 6.26. The summed E-state index contributed by atoms with van der Waals surface area (Å²) in [6, 6.07) is 9.98. The zero-order chi connectivity index (χ0) is 13.8. The lowest BCUT2D eigenvalue weighted by Gasteiger charge is -2.10. The largest absolute Gasteiger partial charge is 0.491 e. The number of hydrogen-bond donors (Lipinski definition) is 0. The maximum atomic E-state index is 8.74. The predicted octanol–water partition coefficient (Wildman–Crippen LogP) is 2.94. The Morgan fingerprint density at radius 1 is 1.32 bits per heavy atom. The first kappa shape index (κ1) is 13.2. The van der Waals surface area contributed by atoms with Crippen molar-refractivity contribution in [2.45, 2.75) is 26.4 Å². The van der Waals surface area contributed by atoms with E-state index >= 15 is 0 Å². The van der Waals surface area contributed by atoms with E-state index in [-0.39, 0.29) is 6.10 Å².